The van der Waals surface area contributed by atoms with Crippen molar-refractivity contribution in [2.45, 2.75) is 20.0 Å². The maximum Gasteiger partial charge on any atom is 0.136 e. The van der Waals surface area contributed by atoms with Crippen LogP contribution in [0.2, 0.25) is 0 Å². The standard InChI is InChI=1S/C15H18N4O/c1-3-17-10-15-18-6-7-19(15)11-12-4-5-13(9-16)14(8-12)20-2/h4-8,17H,3,10-11H2,1-2H3. The zero-order valence-corrected chi connectivity index (χ0v) is 11.8. The minimum atomic E-state index is 0.551. The van der Waals surface area contributed by atoms with Crippen LogP contribution in [0, 0.1) is 11.3 Å². The van der Waals surface area contributed by atoms with Gasteiger partial charge in [0.2, 0.25) is 0 Å². The minimum absolute atomic E-state index is 0.551. The lowest BCUT2D eigenvalue weighted by molar-refractivity contribution is 0.412. The Bertz CT molecular complexity index is 613. The number of benzene rings is 1. The van der Waals surface area contributed by atoms with Crippen LogP contribution in [0.1, 0.15) is 23.9 Å². The highest BCUT2D eigenvalue weighted by atomic mass is 16.5. The zero-order valence-electron chi connectivity index (χ0n) is 11.8. The average molecular weight is 270 g/mol. The molecule has 1 aromatic heterocycles. The first-order valence-corrected chi connectivity index (χ1v) is 6.56. The Balaban J connectivity index is 2.18. The molecule has 0 aliphatic rings. The van der Waals surface area contributed by atoms with E-state index >= 15 is 0 Å². The summed E-state index contributed by atoms with van der Waals surface area (Å²) >= 11 is 0. The quantitative estimate of drug-likeness (QED) is 0.871. The SMILES string of the molecule is CCNCc1nccn1Cc1ccc(C#N)c(OC)c1. The van der Waals surface area contributed by atoms with Crippen molar-refractivity contribution in [1.29, 1.82) is 5.26 Å². The molecule has 0 spiro atoms. The van der Waals surface area contributed by atoms with Gasteiger partial charge in [-0.3, -0.25) is 0 Å². The molecular formula is C15H18N4O. The smallest absolute Gasteiger partial charge is 0.136 e. The first-order chi connectivity index (χ1) is 9.78. The van der Waals surface area contributed by atoms with Gasteiger partial charge in [0.1, 0.15) is 17.6 Å². The van der Waals surface area contributed by atoms with E-state index in [2.05, 4.69) is 27.9 Å². The van der Waals surface area contributed by atoms with E-state index in [9.17, 15) is 0 Å². The Labute approximate surface area is 118 Å². The largest absolute Gasteiger partial charge is 0.495 e. The van der Waals surface area contributed by atoms with Gasteiger partial charge >= 0.3 is 0 Å². The number of methoxy groups -OCH3 is 1. The summed E-state index contributed by atoms with van der Waals surface area (Å²) < 4.78 is 7.32. The Kier molecular flexibility index (Phi) is 4.75. The van der Waals surface area contributed by atoms with Crippen molar-refractivity contribution in [1.82, 2.24) is 14.9 Å². The molecule has 0 aliphatic carbocycles. The molecule has 0 amide bonds. The van der Waals surface area contributed by atoms with E-state index in [1.807, 2.05) is 18.3 Å². The van der Waals surface area contributed by atoms with Gasteiger partial charge in [-0.15, -0.1) is 0 Å². The van der Waals surface area contributed by atoms with Crippen molar-refractivity contribution in [3.63, 3.8) is 0 Å². The van der Waals surface area contributed by atoms with Crippen molar-refractivity contribution in [2.24, 2.45) is 0 Å². The summed E-state index contributed by atoms with van der Waals surface area (Å²) in [5.74, 6) is 1.61. The fraction of sp³-hybridized carbons (Fsp3) is 0.333. The Hall–Kier alpha value is -2.32. The van der Waals surface area contributed by atoms with Crippen LogP contribution in [0.5, 0.6) is 5.75 Å². The monoisotopic (exact) mass is 270 g/mol. The van der Waals surface area contributed by atoms with Gasteiger partial charge in [-0.05, 0) is 24.2 Å². The van der Waals surface area contributed by atoms with Crippen molar-refractivity contribution < 1.29 is 4.74 Å². The molecule has 0 radical (unpaired) electrons. The molecular weight excluding hydrogens is 252 g/mol. The number of nitrogens with one attached hydrogen (secondary N) is 1. The van der Waals surface area contributed by atoms with Gasteiger partial charge in [-0.1, -0.05) is 13.0 Å². The summed E-state index contributed by atoms with van der Waals surface area (Å²) in [4.78, 5) is 4.34. The fourth-order valence-corrected chi connectivity index (χ4v) is 2.01. The van der Waals surface area contributed by atoms with Crippen LogP contribution in [0.3, 0.4) is 0 Å². The van der Waals surface area contributed by atoms with Crippen LogP contribution in [0.25, 0.3) is 0 Å². The molecule has 1 heterocycles. The van der Waals surface area contributed by atoms with E-state index in [1.165, 1.54) is 0 Å². The molecule has 2 rings (SSSR count). The molecule has 104 valence electrons. The lowest BCUT2D eigenvalue weighted by atomic mass is 10.1. The molecule has 2 aromatic rings. The van der Waals surface area contributed by atoms with Crippen molar-refractivity contribution in [3.8, 4) is 11.8 Å². The third-order valence-electron chi connectivity index (χ3n) is 3.07. The molecule has 1 N–H and O–H groups in total. The highest BCUT2D eigenvalue weighted by molar-refractivity contribution is 5.45. The highest BCUT2D eigenvalue weighted by Crippen LogP contribution is 2.20. The van der Waals surface area contributed by atoms with Crippen LogP contribution < -0.4 is 10.1 Å². The number of hydrogen-bond acceptors (Lipinski definition) is 4. The number of rotatable bonds is 6. The van der Waals surface area contributed by atoms with Crippen molar-refractivity contribution >= 4 is 0 Å². The third-order valence-corrected chi connectivity index (χ3v) is 3.07. The number of aromatic nitrogens is 2. The molecule has 0 bridgehead atoms. The molecule has 5 nitrogen and oxygen atoms in total. The maximum atomic E-state index is 8.98. The van der Waals surface area contributed by atoms with Gasteiger partial charge in [0.15, 0.2) is 0 Å². The first kappa shape index (κ1) is 14.1. The lowest BCUT2D eigenvalue weighted by Gasteiger charge is -2.10. The summed E-state index contributed by atoms with van der Waals surface area (Å²) in [5.41, 5.74) is 1.63. The molecule has 0 fully saturated rings. The number of imidazole rings is 1. The van der Waals surface area contributed by atoms with Crippen LogP contribution in [0.4, 0.5) is 0 Å². The zero-order chi connectivity index (χ0) is 14.4. The van der Waals surface area contributed by atoms with Crippen LogP contribution in [0.15, 0.2) is 30.6 Å². The number of hydrogen-bond donors (Lipinski definition) is 1. The van der Waals surface area contributed by atoms with Gasteiger partial charge in [0.05, 0.1) is 19.2 Å². The van der Waals surface area contributed by atoms with E-state index in [0.29, 0.717) is 17.9 Å². The summed E-state index contributed by atoms with van der Waals surface area (Å²) in [7, 11) is 1.58. The second kappa shape index (κ2) is 6.73. The van der Waals surface area contributed by atoms with Gasteiger partial charge in [-0.25, -0.2) is 4.98 Å². The average Bonchev–Trinajstić information content (AvgIpc) is 2.92. The van der Waals surface area contributed by atoms with Crippen molar-refractivity contribution in [2.75, 3.05) is 13.7 Å². The van der Waals surface area contributed by atoms with E-state index in [0.717, 1.165) is 24.5 Å². The molecule has 20 heavy (non-hydrogen) atoms. The first-order valence-electron chi connectivity index (χ1n) is 6.56. The number of ether oxygens (including phenoxy) is 1. The summed E-state index contributed by atoms with van der Waals surface area (Å²) in [6, 6.07) is 7.75. The second-order valence-corrected chi connectivity index (χ2v) is 4.40. The highest BCUT2D eigenvalue weighted by Gasteiger charge is 2.06. The predicted molar refractivity (Wildman–Crippen MR) is 76.4 cm³/mol. The molecule has 0 saturated heterocycles. The van der Waals surface area contributed by atoms with E-state index in [1.54, 1.807) is 19.4 Å². The van der Waals surface area contributed by atoms with Crippen LogP contribution in [-0.2, 0) is 13.1 Å². The molecule has 0 saturated carbocycles. The number of nitriles is 1. The summed E-state index contributed by atoms with van der Waals surface area (Å²) in [6.07, 6.45) is 3.75. The van der Waals surface area contributed by atoms with E-state index in [4.69, 9.17) is 10.00 Å². The van der Waals surface area contributed by atoms with Crippen LogP contribution in [-0.4, -0.2) is 23.2 Å². The summed E-state index contributed by atoms with van der Waals surface area (Å²) in [5, 5.41) is 12.3. The molecule has 0 aliphatic heterocycles. The molecule has 0 unspecified atom stereocenters. The third kappa shape index (κ3) is 3.16. The van der Waals surface area contributed by atoms with E-state index in [-0.39, 0.29) is 0 Å². The van der Waals surface area contributed by atoms with Crippen LogP contribution >= 0.6 is 0 Å². The maximum absolute atomic E-state index is 8.98. The Morgan fingerprint density at radius 3 is 3.00 bits per heavy atom. The minimum Gasteiger partial charge on any atom is -0.495 e. The lowest BCUT2D eigenvalue weighted by Crippen LogP contribution is -2.16. The van der Waals surface area contributed by atoms with Gasteiger partial charge < -0.3 is 14.6 Å². The van der Waals surface area contributed by atoms with E-state index < -0.39 is 0 Å². The number of nitrogens with zero attached hydrogens (tertiary/aromatic N) is 3. The topological polar surface area (TPSA) is 62.9 Å². The molecule has 1 aromatic carbocycles. The van der Waals surface area contributed by atoms with Gasteiger partial charge in [0.25, 0.3) is 0 Å². The summed E-state index contributed by atoms with van der Waals surface area (Å²) in [6.45, 7) is 4.44. The second-order valence-electron chi connectivity index (χ2n) is 4.40. The normalized spacial score (nSPS) is 10.2. The Morgan fingerprint density at radius 2 is 2.30 bits per heavy atom. The predicted octanol–water partition coefficient (Wildman–Crippen LogP) is 1.92. The molecule has 0 atom stereocenters. The van der Waals surface area contributed by atoms with Gasteiger partial charge in [-0.2, -0.15) is 5.26 Å². The Morgan fingerprint density at radius 1 is 1.45 bits per heavy atom. The van der Waals surface area contributed by atoms with Gasteiger partial charge in [0, 0.05) is 18.9 Å². The fourth-order valence-electron chi connectivity index (χ4n) is 2.01. The molecule has 5 heteroatoms. The van der Waals surface area contributed by atoms with Crippen molar-refractivity contribution in [3.05, 3.63) is 47.5 Å².